The Morgan fingerprint density at radius 3 is 3.25 bits per heavy atom. The molecular formula is C13H18N2S. The first-order valence-corrected chi connectivity index (χ1v) is 7.36. The van der Waals surface area contributed by atoms with Gasteiger partial charge in [-0.3, -0.25) is 4.98 Å². The molecule has 1 aliphatic carbocycles. The van der Waals surface area contributed by atoms with Crippen molar-refractivity contribution in [2.45, 2.75) is 37.8 Å². The lowest BCUT2D eigenvalue weighted by molar-refractivity contribution is 0.404. The van der Waals surface area contributed by atoms with Crippen LogP contribution in [0.15, 0.2) is 18.3 Å². The molecule has 1 aliphatic heterocycles. The highest BCUT2D eigenvalue weighted by Gasteiger charge is 2.25. The van der Waals surface area contributed by atoms with Gasteiger partial charge in [0.05, 0.1) is 5.69 Å². The Hall–Kier alpha value is -0.540. The summed E-state index contributed by atoms with van der Waals surface area (Å²) in [4.78, 5) is 4.57. The molecule has 3 rings (SSSR count). The maximum Gasteiger partial charge on any atom is 0.0605 e. The lowest BCUT2D eigenvalue weighted by atomic mass is 9.91. The SMILES string of the molecule is c1cnc2c(c1)CCCC2NC1CCSC1. The van der Waals surface area contributed by atoms with Crippen molar-refractivity contribution in [1.82, 2.24) is 10.3 Å². The van der Waals surface area contributed by atoms with Gasteiger partial charge in [0.2, 0.25) is 0 Å². The molecule has 1 aromatic heterocycles. The van der Waals surface area contributed by atoms with Gasteiger partial charge in [-0.1, -0.05) is 6.07 Å². The van der Waals surface area contributed by atoms with Crippen molar-refractivity contribution in [1.29, 1.82) is 0 Å². The van der Waals surface area contributed by atoms with Crippen LogP contribution in [-0.2, 0) is 6.42 Å². The highest BCUT2D eigenvalue weighted by Crippen LogP contribution is 2.29. The van der Waals surface area contributed by atoms with Crippen molar-refractivity contribution in [2.24, 2.45) is 0 Å². The summed E-state index contributed by atoms with van der Waals surface area (Å²) < 4.78 is 0. The molecule has 86 valence electrons. The molecular weight excluding hydrogens is 216 g/mol. The zero-order chi connectivity index (χ0) is 10.8. The summed E-state index contributed by atoms with van der Waals surface area (Å²) in [5, 5.41) is 3.79. The number of aromatic nitrogens is 1. The molecule has 1 fully saturated rings. The van der Waals surface area contributed by atoms with Crippen LogP contribution in [0.3, 0.4) is 0 Å². The summed E-state index contributed by atoms with van der Waals surface area (Å²) in [6.45, 7) is 0. The molecule has 1 saturated heterocycles. The number of fused-ring (bicyclic) bond motifs is 1. The number of thioether (sulfide) groups is 1. The number of nitrogens with one attached hydrogen (secondary N) is 1. The summed E-state index contributed by atoms with van der Waals surface area (Å²) in [6.07, 6.45) is 7.02. The number of nitrogens with zero attached hydrogens (tertiary/aromatic N) is 1. The van der Waals surface area contributed by atoms with Gasteiger partial charge in [0, 0.05) is 24.0 Å². The first kappa shape index (κ1) is 10.6. The smallest absolute Gasteiger partial charge is 0.0605 e. The summed E-state index contributed by atoms with van der Waals surface area (Å²) >= 11 is 2.07. The van der Waals surface area contributed by atoms with Crippen molar-refractivity contribution < 1.29 is 0 Å². The van der Waals surface area contributed by atoms with Crippen LogP contribution in [0.5, 0.6) is 0 Å². The van der Waals surface area contributed by atoms with E-state index in [4.69, 9.17) is 0 Å². The minimum atomic E-state index is 0.508. The number of aryl methyl sites for hydroxylation is 1. The standard InChI is InChI=1S/C13H18N2S/c1-3-10-4-2-7-14-13(10)12(5-1)15-11-6-8-16-9-11/h2,4,7,11-12,15H,1,3,5-6,8-9H2. The number of hydrogen-bond acceptors (Lipinski definition) is 3. The van der Waals surface area contributed by atoms with Crippen LogP contribution in [0, 0.1) is 0 Å². The molecule has 2 heterocycles. The van der Waals surface area contributed by atoms with Gasteiger partial charge in [-0.05, 0) is 43.1 Å². The molecule has 0 saturated carbocycles. The van der Waals surface area contributed by atoms with Gasteiger partial charge >= 0.3 is 0 Å². The molecule has 0 radical (unpaired) electrons. The van der Waals surface area contributed by atoms with Crippen molar-refractivity contribution in [3.63, 3.8) is 0 Å². The molecule has 2 atom stereocenters. The van der Waals surface area contributed by atoms with E-state index in [0.29, 0.717) is 12.1 Å². The van der Waals surface area contributed by atoms with Gasteiger partial charge in [0.15, 0.2) is 0 Å². The van der Waals surface area contributed by atoms with Crippen molar-refractivity contribution in [2.75, 3.05) is 11.5 Å². The van der Waals surface area contributed by atoms with Crippen LogP contribution >= 0.6 is 11.8 Å². The van der Waals surface area contributed by atoms with Gasteiger partial charge in [-0.25, -0.2) is 0 Å². The van der Waals surface area contributed by atoms with Crippen molar-refractivity contribution in [3.8, 4) is 0 Å². The fourth-order valence-electron chi connectivity index (χ4n) is 2.72. The van der Waals surface area contributed by atoms with E-state index in [0.717, 1.165) is 0 Å². The van der Waals surface area contributed by atoms with Crippen LogP contribution in [0.2, 0.25) is 0 Å². The van der Waals surface area contributed by atoms with E-state index >= 15 is 0 Å². The molecule has 3 heteroatoms. The summed E-state index contributed by atoms with van der Waals surface area (Å²) in [5.74, 6) is 2.60. The molecule has 1 N–H and O–H groups in total. The van der Waals surface area contributed by atoms with Gasteiger partial charge in [0.1, 0.15) is 0 Å². The van der Waals surface area contributed by atoms with Gasteiger partial charge in [-0.2, -0.15) is 11.8 Å². The van der Waals surface area contributed by atoms with E-state index in [2.05, 4.69) is 34.2 Å². The Morgan fingerprint density at radius 2 is 2.38 bits per heavy atom. The highest BCUT2D eigenvalue weighted by molar-refractivity contribution is 7.99. The van der Waals surface area contributed by atoms with E-state index in [1.165, 1.54) is 48.4 Å². The average Bonchev–Trinajstić information content (AvgIpc) is 2.82. The molecule has 1 aromatic rings. The molecule has 2 unspecified atom stereocenters. The van der Waals surface area contributed by atoms with E-state index in [9.17, 15) is 0 Å². The molecule has 0 amide bonds. The number of pyridine rings is 1. The summed E-state index contributed by atoms with van der Waals surface area (Å²) in [7, 11) is 0. The second kappa shape index (κ2) is 4.76. The molecule has 2 nitrogen and oxygen atoms in total. The van der Waals surface area contributed by atoms with E-state index in [1.54, 1.807) is 0 Å². The molecule has 0 spiro atoms. The second-order valence-corrected chi connectivity index (χ2v) is 5.87. The third kappa shape index (κ3) is 2.11. The minimum Gasteiger partial charge on any atom is -0.305 e. The van der Waals surface area contributed by atoms with E-state index < -0.39 is 0 Å². The summed E-state index contributed by atoms with van der Waals surface area (Å²) in [5.41, 5.74) is 2.77. The predicted octanol–water partition coefficient (Wildman–Crippen LogP) is 2.55. The molecule has 0 aromatic carbocycles. The Kier molecular flexibility index (Phi) is 3.15. The Balaban J connectivity index is 1.76. The Labute approximate surface area is 101 Å². The van der Waals surface area contributed by atoms with Crippen LogP contribution in [0.4, 0.5) is 0 Å². The quantitative estimate of drug-likeness (QED) is 0.851. The Bertz CT molecular complexity index is 361. The topological polar surface area (TPSA) is 24.9 Å². The third-order valence-corrected chi connectivity index (χ3v) is 4.72. The predicted molar refractivity (Wildman–Crippen MR) is 68.8 cm³/mol. The second-order valence-electron chi connectivity index (χ2n) is 4.72. The van der Waals surface area contributed by atoms with E-state index in [-0.39, 0.29) is 0 Å². The first-order valence-electron chi connectivity index (χ1n) is 6.21. The van der Waals surface area contributed by atoms with Gasteiger partial charge in [0.25, 0.3) is 0 Å². The zero-order valence-electron chi connectivity index (χ0n) is 9.48. The highest BCUT2D eigenvalue weighted by atomic mass is 32.2. The third-order valence-electron chi connectivity index (χ3n) is 3.56. The fourth-order valence-corrected chi connectivity index (χ4v) is 3.89. The fraction of sp³-hybridized carbons (Fsp3) is 0.615. The largest absolute Gasteiger partial charge is 0.305 e. The summed E-state index contributed by atoms with van der Waals surface area (Å²) in [6, 6.07) is 5.52. The maximum atomic E-state index is 4.57. The van der Waals surface area contributed by atoms with E-state index in [1.807, 2.05) is 6.20 Å². The lowest BCUT2D eigenvalue weighted by Crippen LogP contribution is -2.35. The lowest BCUT2D eigenvalue weighted by Gasteiger charge is -2.27. The normalized spacial score (nSPS) is 29.0. The Morgan fingerprint density at radius 1 is 1.38 bits per heavy atom. The van der Waals surface area contributed by atoms with Crippen molar-refractivity contribution >= 4 is 11.8 Å². The first-order chi connectivity index (χ1) is 7.93. The van der Waals surface area contributed by atoms with Gasteiger partial charge in [-0.15, -0.1) is 0 Å². The number of rotatable bonds is 2. The minimum absolute atomic E-state index is 0.508. The van der Waals surface area contributed by atoms with Crippen LogP contribution in [-0.4, -0.2) is 22.5 Å². The van der Waals surface area contributed by atoms with Crippen molar-refractivity contribution in [3.05, 3.63) is 29.6 Å². The van der Waals surface area contributed by atoms with Crippen LogP contribution in [0.1, 0.15) is 36.6 Å². The molecule has 0 bridgehead atoms. The maximum absolute atomic E-state index is 4.57. The zero-order valence-corrected chi connectivity index (χ0v) is 10.3. The average molecular weight is 234 g/mol. The monoisotopic (exact) mass is 234 g/mol. The number of hydrogen-bond donors (Lipinski definition) is 1. The van der Waals surface area contributed by atoms with Crippen LogP contribution < -0.4 is 5.32 Å². The van der Waals surface area contributed by atoms with Gasteiger partial charge < -0.3 is 5.32 Å². The molecule has 16 heavy (non-hydrogen) atoms. The van der Waals surface area contributed by atoms with Crippen LogP contribution in [0.25, 0.3) is 0 Å². The molecule has 2 aliphatic rings.